The van der Waals surface area contributed by atoms with Crippen LogP contribution < -0.4 is 0 Å². The molecular formula is C92H82. The molecular weight excluding hydrogens is 1110 g/mol. The van der Waals surface area contributed by atoms with E-state index in [4.69, 9.17) is 0 Å². The van der Waals surface area contributed by atoms with Crippen LogP contribution in [0.1, 0.15) is 155 Å². The molecule has 0 saturated heterocycles. The number of hydrogen-bond acceptors (Lipinski definition) is 0. The van der Waals surface area contributed by atoms with Gasteiger partial charge in [-0.05, 0) is 242 Å². The minimum Gasteiger partial charge on any atom is -0.0619 e. The standard InChI is InChI=1S/C92H82/c1-87(2,3)57-41-55(42-58(49-57)88(4,5)6)79-71-45-51-25-17-18-26-52(51)46-72(71)80(56-43-59(89(7,8)9)50-60(44-56)90(10,11)12)86-70-40-38-68-81-67(37-39-69(82(70)81)85(79)86)83-77(53-33-35-63-61-27-21-23-31-73(61)91(13,14)75(63)47-53)65-29-19-20-30-66(65)78(84(68)83)54-34-36-64-62-28-22-24-32-74(62)92(15,16)76(64)48-54/h17-50H,1-16H3. The van der Waals surface area contributed by atoms with E-state index in [0.29, 0.717) is 0 Å². The molecule has 0 fully saturated rings. The summed E-state index contributed by atoms with van der Waals surface area (Å²) in [4.78, 5) is 0. The van der Waals surface area contributed by atoms with Crippen molar-refractivity contribution in [2.24, 2.45) is 0 Å². The molecule has 0 aromatic heterocycles. The average molecular weight is 1190 g/mol. The Morgan fingerprint density at radius 1 is 0.239 bits per heavy atom. The first-order chi connectivity index (χ1) is 43.7. The van der Waals surface area contributed by atoms with E-state index < -0.39 is 0 Å². The zero-order valence-electron chi connectivity index (χ0n) is 56.6. The largest absolute Gasteiger partial charge is 0.0619 e. The molecule has 0 saturated carbocycles. The predicted octanol–water partition coefficient (Wildman–Crippen LogP) is 24.5. The first-order valence-corrected chi connectivity index (χ1v) is 33.7. The Kier molecular flexibility index (Phi) is 11.6. The second kappa shape index (κ2) is 18.8. The van der Waals surface area contributed by atoms with E-state index in [1.54, 1.807) is 0 Å². The van der Waals surface area contributed by atoms with Crippen LogP contribution in [-0.4, -0.2) is 0 Å². The van der Waals surface area contributed by atoms with Gasteiger partial charge in [-0.1, -0.05) is 293 Å². The van der Waals surface area contributed by atoms with Crippen LogP contribution in [0.25, 0.3) is 110 Å². The first kappa shape index (κ1) is 56.8. The molecule has 0 heteroatoms. The van der Waals surface area contributed by atoms with Gasteiger partial charge in [0.2, 0.25) is 0 Å². The number of hydrogen-bond donors (Lipinski definition) is 0. The van der Waals surface area contributed by atoms with Crippen LogP contribution in [0.4, 0.5) is 0 Å². The van der Waals surface area contributed by atoms with Crippen molar-refractivity contribution in [3.05, 3.63) is 293 Å². The van der Waals surface area contributed by atoms with E-state index in [2.05, 4.69) is 317 Å². The molecule has 0 nitrogen and oxygen atoms in total. The fraction of sp³-hybridized carbons (Fsp3) is 0.239. The molecule has 13 aromatic carbocycles. The van der Waals surface area contributed by atoms with Gasteiger partial charge in [0.25, 0.3) is 0 Å². The number of rotatable bonds is 4. The Labute approximate surface area is 542 Å². The molecule has 0 bridgehead atoms. The third-order valence-corrected chi connectivity index (χ3v) is 22.3. The zero-order valence-corrected chi connectivity index (χ0v) is 56.6. The lowest BCUT2D eigenvalue weighted by Crippen LogP contribution is -2.17. The summed E-state index contributed by atoms with van der Waals surface area (Å²) in [6.07, 6.45) is 0. The Morgan fingerprint density at radius 3 is 0.870 bits per heavy atom. The smallest absolute Gasteiger partial charge is 0.0159 e. The Hall–Kier alpha value is -9.10. The maximum Gasteiger partial charge on any atom is 0.0159 e. The van der Waals surface area contributed by atoms with Crippen molar-refractivity contribution in [2.45, 2.75) is 143 Å². The van der Waals surface area contributed by atoms with Gasteiger partial charge in [0.05, 0.1) is 0 Å². The van der Waals surface area contributed by atoms with Gasteiger partial charge in [-0.3, -0.25) is 0 Å². The van der Waals surface area contributed by atoms with Crippen molar-refractivity contribution in [1.29, 1.82) is 0 Å². The van der Waals surface area contributed by atoms with Crippen LogP contribution in [0.3, 0.4) is 0 Å². The Morgan fingerprint density at radius 2 is 0.533 bits per heavy atom. The highest BCUT2D eigenvalue weighted by Gasteiger charge is 2.38. The maximum absolute atomic E-state index is 2.57. The summed E-state index contributed by atoms with van der Waals surface area (Å²) in [5, 5.41) is 21.0. The summed E-state index contributed by atoms with van der Waals surface area (Å²) in [6, 6.07) is 82.1. The summed E-state index contributed by atoms with van der Waals surface area (Å²) in [7, 11) is 0. The normalized spacial score (nSPS) is 14.7. The van der Waals surface area contributed by atoms with Gasteiger partial charge < -0.3 is 0 Å². The van der Waals surface area contributed by atoms with Gasteiger partial charge in [-0.2, -0.15) is 0 Å². The first-order valence-electron chi connectivity index (χ1n) is 33.7. The molecule has 0 N–H and O–H groups in total. The Bertz CT molecular complexity index is 5530. The topological polar surface area (TPSA) is 0 Å². The molecule has 0 radical (unpaired) electrons. The van der Waals surface area contributed by atoms with Crippen LogP contribution in [0.5, 0.6) is 0 Å². The van der Waals surface area contributed by atoms with E-state index in [-0.39, 0.29) is 32.5 Å². The molecule has 0 aliphatic heterocycles. The van der Waals surface area contributed by atoms with Crippen molar-refractivity contribution in [3.63, 3.8) is 0 Å². The van der Waals surface area contributed by atoms with E-state index in [9.17, 15) is 0 Å². The fourth-order valence-corrected chi connectivity index (χ4v) is 17.2. The quantitative estimate of drug-likeness (QED) is 0.154. The highest BCUT2D eigenvalue weighted by Crippen LogP contribution is 2.54. The second-order valence-electron chi connectivity index (χ2n) is 32.8. The summed E-state index contributed by atoms with van der Waals surface area (Å²) in [5.74, 6) is 0. The van der Waals surface area contributed by atoms with Crippen LogP contribution in [0, 0.1) is 41.7 Å². The summed E-state index contributed by atoms with van der Waals surface area (Å²) < 4.78 is 0. The van der Waals surface area contributed by atoms with Crippen LogP contribution >= 0.6 is 0 Å². The van der Waals surface area contributed by atoms with Crippen molar-refractivity contribution in [3.8, 4) is 66.8 Å². The molecule has 0 amide bonds. The molecule has 450 valence electrons. The lowest BCUT2D eigenvalue weighted by Gasteiger charge is -2.28. The molecule has 4 aliphatic rings. The zero-order chi connectivity index (χ0) is 63.8. The monoisotopic (exact) mass is 1190 g/mol. The van der Waals surface area contributed by atoms with Gasteiger partial charge in [0, 0.05) is 10.8 Å². The van der Waals surface area contributed by atoms with E-state index in [0.717, 1.165) is 0 Å². The molecule has 17 rings (SSSR count). The molecule has 92 heavy (non-hydrogen) atoms. The van der Waals surface area contributed by atoms with Crippen molar-refractivity contribution in [1.82, 2.24) is 0 Å². The number of fused-ring (bicyclic) bond motifs is 11. The molecule has 0 spiro atoms. The lowest BCUT2D eigenvalue weighted by atomic mass is 9.77. The highest BCUT2D eigenvalue weighted by molar-refractivity contribution is 6.13. The summed E-state index contributed by atoms with van der Waals surface area (Å²) >= 11 is 0. The van der Waals surface area contributed by atoms with E-state index >= 15 is 0 Å². The molecule has 0 heterocycles. The third-order valence-electron chi connectivity index (χ3n) is 22.3. The SMILES string of the molecule is CC(C)(C)c1cc(-c2c3c(c(-c4cc(C(C)(C)C)cc(C(C)(C)C)c4)c4cc5ccccc5cc24)=c2ccc4c5c(ccc=3c25)=c2c(-c3ccc5c(c3)C(C)(C)c3ccccc3-5)c3ccccc3c(-c3ccc5c(c3)C(C)(C)c3ccccc3-5)c2=4)cc(C(C)(C)C)c1. The van der Waals surface area contributed by atoms with Crippen molar-refractivity contribution >= 4 is 43.1 Å². The highest BCUT2D eigenvalue weighted by atomic mass is 14.4. The van der Waals surface area contributed by atoms with Gasteiger partial charge in [-0.15, -0.1) is 0 Å². The van der Waals surface area contributed by atoms with Crippen LogP contribution in [0.15, 0.2) is 206 Å². The maximum atomic E-state index is 2.57. The van der Waals surface area contributed by atoms with E-state index in [1.807, 2.05) is 0 Å². The summed E-state index contributed by atoms with van der Waals surface area (Å²) in [6.45, 7) is 38.3. The number of benzene rings is 13. The minimum atomic E-state index is -0.169. The third kappa shape index (κ3) is 7.95. The Balaban J connectivity index is 1.12. The predicted molar refractivity (Wildman–Crippen MR) is 392 cm³/mol. The average Bonchev–Trinajstić information content (AvgIpc) is 1.45. The van der Waals surface area contributed by atoms with E-state index in [1.165, 1.54) is 196 Å². The van der Waals surface area contributed by atoms with Gasteiger partial charge in [-0.25, -0.2) is 0 Å². The molecule has 0 unspecified atom stereocenters. The summed E-state index contributed by atoms with van der Waals surface area (Å²) in [5.41, 5.74) is 26.0. The molecule has 4 aliphatic carbocycles. The van der Waals surface area contributed by atoms with Crippen molar-refractivity contribution < 1.29 is 0 Å². The van der Waals surface area contributed by atoms with Gasteiger partial charge >= 0.3 is 0 Å². The van der Waals surface area contributed by atoms with Gasteiger partial charge in [0.15, 0.2) is 0 Å². The van der Waals surface area contributed by atoms with Gasteiger partial charge in [0.1, 0.15) is 0 Å². The minimum absolute atomic E-state index is 0.0915. The van der Waals surface area contributed by atoms with Crippen molar-refractivity contribution in [2.75, 3.05) is 0 Å². The molecule has 0 atom stereocenters. The fourth-order valence-electron chi connectivity index (χ4n) is 17.2. The van der Waals surface area contributed by atoms with Crippen LogP contribution in [0.2, 0.25) is 0 Å². The molecule has 13 aromatic rings. The van der Waals surface area contributed by atoms with Crippen LogP contribution in [-0.2, 0) is 32.5 Å². The lowest BCUT2D eigenvalue weighted by molar-refractivity contribution is 0.568. The second-order valence-corrected chi connectivity index (χ2v) is 32.8.